The van der Waals surface area contributed by atoms with E-state index in [1.165, 1.54) is 12.1 Å². The summed E-state index contributed by atoms with van der Waals surface area (Å²) in [6, 6.07) is 2.18. The molecule has 72 valence electrons. The fraction of sp³-hybridized carbons (Fsp3) is 0.250. The number of rotatable bonds is 2. The first-order valence-electron chi connectivity index (χ1n) is 3.66. The van der Waals surface area contributed by atoms with E-state index < -0.39 is 11.9 Å². The van der Waals surface area contributed by atoms with Crippen molar-refractivity contribution in [3.8, 4) is 0 Å². The molecule has 1 aromatic carbocycles. The molecule has 13 heavy (non-hydrogen) atoms. The summed E-state index contributed by atoms with van der Waals surface area (Å²) in [6.45, 7) is 0.146. The van der Waals surface area contributed by atoms with E-state index in [0.29, 0.717) is 5.02 Å². The van der Waals surface area contributed by atoms with Crippen molar-refractivity contribution in [2.24, 2.45) is 11.5 Å². The molecule has 1 atom stereocenters. The molecule has 0 radical (unpaired) electrons. The maximum atomic E-state index is 13.3. The Balaban J connectivity index is 3.20. The standard InChI is InChI=1S/C8H9Cl2FN2/c9-4-1-5(7(13)3-12)8(11)6(10)2-4/h1-2,7H,3,12-13H2/t7-/m0/s1. The lowest BCUT2D eigenvalue weighted by Crippen LogP contribution is -2.22. The molecular weight excluding hydrogens is 214 g/mol. The first kappa shape index (κ1) is 10.7. The van der Waals surface area contributed by atoms with Gasteiger partial charge in [-0.1, -0.05) is 23.2 Å². The van der Waals surface area contributed by atoms with Crippen LogP contribution in [-0.2, 0) is 0 Å². The van der Waals surface area contributed by atoms with E-state index in [2.05, 4.69) is 0 Å². The van der Waals surface area contributed by atoms with E-state index in [1.54, 1.807) is 0 Å². The molecule has 0 aromatic heterocycles. The van der Waals surface area contributed by atoms with Crippen LogP contribution < -0.4 is 11.5 Å². The topological polar surface area (TPSA) is 52.0 Å². The lowest BCUT2D eigenvalue weighted by Gasteiger charge is -2.11. The highest BCUT2D eigenvalue weighted by atomic mass is 35.5. The maximum Gasteiger partial charge on any atom is 0.146 e. The highest BCUT2D eigenvalue weighted by Crippen LogP contribution is 2.26. The van der Waals surface area contributed by atoms with Crippen molar-refractivity contribution in [1.82, 2.24) is 0 Å². The third-order valence-corrected chi connectivity index (χ3v) is 2.17. The Bertz CT molecular complexity index is 317. The molecule has 5 heteroatoms. The molecule has 0 unspecified atom stereocenters. The van der Waals surface area contributed by atoms with Crippen molar-refractivity contribution in [2.75, 3.05) is 6.54 Å². The molecule has 0 aliphatic carbocycles. The second-order valence-electron chi connectivity index (χ2n) is 2.63. The zero-order chi connectivity index (χ0) is 10.0. The Morgan fingerprint density at radius 3 is 2.54 bits per heavy atom. The summed E-state index contributed by atoms with van der Waals surface area (Å²) in [5, 5.41) is 0.316. The van der Waals surface area contributed by atoms with Crippen LogP contribution in [0, 0.1) is 5.82 Å². The monoisotopic (exact) mass is 222 g/mol. The van der Waals surface area contributed by atoms with Gasteiger partial charge in [-0.2, -0.15) is 0 Å². The van der Waals surface area contributed by atoms with Crippen LogP contribution in [0.4, 0.5) is 4.39 Å². The summed E-state index contributed by atoms with van der Waals surface area (Å²) in [4.78, 5) is 0. The van der Waals surface area contributed by atoms with Crippen LogP contribution in [0.1, 0.15) is 11.6 Å². The molecule has 0 heterocycles. The van der Waals surface area contributed by atoms with Crippen molar-refractivity contribution >= 4 is 23.2 Å². The molecule has 0 spiro atoms. The average molecular weight is 223 g/mol. The minimum absolute atomic E-state index is 0.0357. The maximum absolute atomic E-state index is 13.3. The molecule has 1 rings (SSSR count). The van der Waals surface area contributed by atoms with Crippen molar-refractivity contribution in [2.45, 2.75) is 6.04 Å². The molecule has 0 fully saturated rings. The van der Waals surface area contributed by atoms with E-state index in [0.717, 1.165) is 0 Å². The molecule has 0 amide bonds. The summed E-state index contributed by atoms with van der Waals surface area (Å²) >= 11 is 11.2. The zero-order valence-electron chi connectivity index (χ0n) is 6.73. The largest absolute Gasteiger partial charge is 0.329 e. The van der Waals surface area contributed by atoms with Crippen LogP contribution in [0.5, 0.6) is 0 Å². The average Bonchev–Trinajstić information content (AvgIpc) is 2.10. The predicted molar refractivity (Wildman–Crippen MR) is 52.4 cm³/mol. The minimum Gasteiger partial charge on any atom is -0.329 e. The zero-order valence-corrected chi connectivity index (χ0v) is 8.24. The van der Waals surface area contributed by atoms with Gasteiger partial charge in [0.15, 0.2) is 0 Å². The van der Waals surface area contributed by atoms with Gasteiger partial charge in [0, 0.05) is 23.2 Å². The van der Waals surface area contributed by atoms with Gasteiger partial charge in [0.2, 0.25) is 0 Å². The molecule has 2 nitrogen and oxygen atoms in total. The number of hydrogen-bond donors (Lipinski definition) is 2. The third-order valence-electron chi connectivity index (χ3n) is 1.67. The summed E-state index contributed by atoms with van der Waals surface area (Å²) in [6.07, 6.45) is 0. The van der Waals surface area contributed by atoms with Crippen molar-refractivity contribution in [3.63, 3.8) is 0 Å². The van der Waals surface area contributed by atoms with E-state index in [4.69, 9.17) is 34.7 Å². The van der Waals surface area contributed by atoms with Gasteiger partial charge in [-0.3, -0.25) is 0 Å². The Morgan fingerprint density at radius 1 is 1.38 bits per heavy atom. The summed E-state index contributed by atoms with van der Waals surface area (Å²) < 4.78 is 13.3. The fourth-order valence-electron chi connectivity index (χ4n) is 0.973. The molecule has 0 saturated carbocycles. The second kappa shape index (κ2) is 4.24. The van der Waals surface area contributed by atoms with Crippen LogP contribution in [0.15, 0.2) is 12.1 Å². The Kier molecular flexibility index (Phi) is 3.50. The Morgan fingerprint density at radius 2 is 2.00 bits per heavy atom. The molecule has 0 saturated heterocycles. The normalized spacial score (nSPS) is 13.0. The number of hydrogen-bond acceptors (Lipinski definition) is 2. The van der Waals surface area contributed by atoms with Crippen LogP contribution in [0.3, 0.4) is 0 Å². The lowest BCUT2D eigenvalue weighted by atomic mass is 10.1. The first-order chi connectivity index (χ1) is 6.06. The second-order valence-corrected chi connectivity index (χ2v) is 3.48. The fourth-order valence-corrected chi connectivity index (χ4v) is 1.48. The van der Waals surface area contributed by atoms with Crippen molar-refractivity contribution < 1.29 is 4.39 Å². The molecule has 0 bridgehead atoms. The van der Waals surface area contributed by atoms with Crippen LogP contribution >= 0.6 is 23.2 Å². The van der Waals surface area contributed by atoms with E-state index in [9.17, 15) is 4.39 Å². The van der Waals surface area contributed by atoms with Crippen molar-refractivity contribution in [1.29, 1.82) is 0 Å². The van der Waals surface area contributed by atoms with Gasteiger partial charge in [-0.05, 0) is 12.1 Å². The number of benzene rings is 1. The third kappa shape index (κ3) is 2.31. The van der Waals surface area contributed by atoms with Crippen molar-refractivity contribution in [3.05, 3.63) is 33.6 Å². The molecular formula is C8H9Cl2FN2. The van der Waals surface area contributed by atoms with E-state index in [-0.39, 0.29) is 17.1 Å². The molecule has 0 aliphatic heterocycles. The first-order valence-corrected chi connectivity index (χ1v) is 4.42. The van der Waals surface area contributed by atoms with E-state index in [1.807, 2.05) is 0 Å². The highest BCUT2D eigenvalue weighted by Gasteiger charge is 2.13. The Labute approximate surface area is 85.6 Å². The Hall–Kier alpha value is -0.350. The smallest absolute Gasteiger partial charge is 0.146 e. The molecule has 1 aromatic rings. The SMILES string of the molecule is NC[C@H](N)c1cc(Cl)cc(Cl)c1F. The van der Waals surface area contributed by atoms with Gasteiger partial charge in [-0.15, -0.1) is 0 Å². The number of nitrogens with two attached hydrogens (primary N) is 2. The molecule has 0 aliphatic rings. The van der Waals surface area contributed by atoms with Gasteiger partial charge >= 0.3 is 0 Å². The van der Waals surface area contributed by atoms with Gasteiger partial charge < -0.3 is 11.5 Å². The highest BCUT2D eigenvalue weighted by molar-refractivity contribution is 6.34. The van der Waals surface area contributed by atoms with Gasteiger partial charge in [-0.25, -0.2) is 4.39 Å². The quantitative estimate of drug-likeness (QED) is 0.754. The summed E-state index contributed by atoms with van der Waals surface area (Å²) in [5.41, 5.74) is 11.1. The van der Waals surface area contributed by atoms with Crippen LogP contribution in [0.25, 0.3) is 0 Å². The minimum atomic E-state index is -0.573. The van der Waals surface area contributed by atoms with Gasteiger partial charge in [0.25, 0.3) is 0 Å². The predicted octanol–water partition coefficient (Wildman–Crippen LogP) is 2.09. The molecule has 4 N–H and O–H groups in total. The summed E-state index contributed by atoms with van der Waals surface area (Å²) in [7, 11) is 0. The lowest BCUT2D eigenvalue weighted by molar-refractivity contribution is 0.584. The van der Waals surface area contributed by atoms with Crippen LogP contribution in [-0.4, -0.2) is 6.54 Å². The van der Waals surface area contributed by atoms with Gasteiger partial charge in [0.1, 0.15) is 5.82 Å². The van der Waals surface area contributed by atoms with Crippen LogP contribution in [0.2, 0.25) is 10.0 Å². The summed E-state index contributed by atoms with van der Waals surface area (Å²) in [5.74, 6) is -0.552. The van der Waals surface area contributed by atoms with E-state index >= 15 is 0 Å². The van der Waals surface area contributed by atoms with Gasteiger partial charge in [0.05, 0.1) is 5.02 Å². The number of halogens is 3.